The predicted octanol–water partition coefficient (Wildman–Crippen LogP) is -0.740. The van der Waals surface area contributed by atoms with E-state index in [9.17, 15) is 19.8 Å². The standard InChI is InChI=1S/C12H16N2O6S/c1-5-8(16)9(17)11(20-5)14-4-6(3-7(15)19-2)10(18)13-12(14)21/h4-5,8-9,11,16-17H,3H2,1-2H3,(H,13,18,21). The highest BCUT2D eigenvalue weighted by atomic mass is 32.1. The van der Waals surface area contributed by atoms with Crippen LogP contribution in [0, 0.1) is 4.77 Å². The average Bonchev–Trinajstić information content (AvgIpc) is 2.69. The molecule has 2 heterocycles. The van der Waals surface area contributed by atoms with Crippen molar-refractivity contribution in [2.75, 3.05) is 7.11 Å². The summed E-state index contributed by atoms with van der Waals surface area (Å²) in [4.78, 5) is 25.5. The molecular weight excluding hydrogens is 300 g/mol. The van der Waals surface area contributed by atoms with Gasteiger partial charge in [-0.3, -0.25) is 19.1 Å². The SMILES string of the molecule is COC(=O)Cc1cn(C2OC(C)C(O)C2O)c(=S)[nH]c1=O. The van der Waals surface area contributed by atoms with Crippen molar-refractivity contribution in [3.63, 3.8) is 0 Å². The van der Waals surface area contributed by atoms with Crippen LogP contribution in [-0.2, 0) is 20.7 Å². The van der Waals surface area contributed by atoms with Crippen molar-refractivity contribution in [2.24, 2.45) is 0 Å². The maximum atomic E-state index is 11.8. The number of carbonyl (C=O) groups is 1. The lowest BCUT2D eigenvalue weighted by Crippen LogP contribution is -2.32. The fourth-order valence-corrected chi connectivity index (χ4v) is 2.38. The molecule has 9 heteroatoms. The normalized spacial score (nSPS) is 28.6. The van der Waals surface area contributed by atoms with Crippen LogP contribution in [-0.4, -0.2) is 51.2 Å². The van der Waals surface area contributed by atoms with Crippen LogP contribution in [0.15, 0.2) is 11.0 Å². The van der Waals surface area contributed by atoms with E-state index in [0.29, 0.717) is 0 Å². The van der Waals surface area contributed by atoms with Crippen molar-refractivity contribution in [1.82, 2.24) is 9.55 Å². The lowest BCUT2D eigenvalue weighted by atomic mass is 10.1. The third-order valence-electron chi connectivity index (χ3n) is 3.36. The molecule has 1 aliphatic rings. The lowest BCUT2D eigenvalue weighted by Gasteiger charge is -2.19. The molecule has 0 aromatic carbocycles. The third-order valence-corrected chi connectivity index (χ3v) is 3.67. The Labute approximate surface area is 124 Å². The van der Waals surface area contributed by atoms with Gasteiger partial charge < -0.3 is 19.7 Å². The summed E-state index contributed by atoms with van der Waals surface area (Å²) in [6.07, 6.45) is -2.67. The van der Waals surface area contributed by atoms with Crippen LogP contribution in [0.25, 0.3) is 0 Å². The van der Waals surface area contributed by atoms with Crippen LogP contribution in [0.1, 0.15) is 18.7 Å². The van der Waals surface area contributed by atoms with Gasteiger partial charge in [0.2, 0.25) is 0 Å². The monoisotopic (exact) mass is 316 g/mol. The summed E-state index contributed by atoms with van der Waals surface area (Å²) >= 11 is 5.03. The Hall–Kier alpha value is -1.55. The first-order chi connectivity index (χ1) is 9.85. The Morgan fingerprint density at radius 2 is 2.19 bits per heavy atom. The number of methoxy groups -OCH3 is 1. The van der Waals surface area contributed by atoms with Crippen molar-refractivity contribution >= 4 is 18.2 Å². The number of H-pyrrole nitrogens is 1. The quantitative estimate of drug-likeness (QED) is 0.497. The molecule has 1 saturated heterocycles. The second-order valence-electron chi connectivity index (χ2n) is 4.79. The van der Waals surface area contributed by atoms with Gasteiger partial charge in [-0.25, -0.2) is 0 Å². The summed E-state index contributed by atoms with van der Waals surface area (Å²) in [6, 6.07) is 0. The van der Waals surface area contributed by atoms with E-state index in [4.69, 9.17) is 17.0 Å². The minimum atomic E-state index is -1.19. The Kier molecular flexibility index (Phi) is 4.57. The minimum Gasteiger partial charge on any atom is -0.469 e. The number of aromatic amines is 1. The molecule has 0 amide bonds. The van der Waals surface area contributed by atoms with Crippen molar-refractivity contribution < 1.29 is 24.5 Å². The molecule has 3 N–H and O–H groups in total. The Bertz CT molecular complexity index is 654. The van der Waals surface area contributed by atoms with Crippen LogP contribution >= 0.6 is 12.2 Å². The number of aliphatic hydroxyl groups excluding tert-OH is 2. The van der Waals surface area contributed by atoms with Crippen LogP contribution in [0.5, 0.6) is 0 Å². The second-order valence-corrected chi connectivity index (χ2v) is 5.17. The number of aliphatic hydroxyl groups is 2. The average molecular weight is 316 g/mol. The number of esters is 1. The van der Waals surface area contributed by atoms with Gasteiger partial charge in [0, 0.05) is 11.8 Å². The Morgan fingerprint density at radius 1 is 1.52 bits per heavy atom. The molecule has 4 atom stereocenters. The number of hydrogen-bond donors (Lipinski definition) is 3. The number of nitrogens with one attached hydrogen (secondary N) is 1. The zero-order valence-electron chi connectivity index (χ0n) is 11.5. The molecule has 4 unspecified atom stereocenters. The first-order valence-electron chi connectivity index (χ1n) is 6.28. The maximum absolute atomic E-state index is 11.8. The van der Waals surface area contributed by atoms with Gasteiger partial charge in [-0.05, 0) is 19.1 Å². The highest BCUT2D eigenvalue weighted by molar-refractivity contribution is 7.71. The molecule has 1 aromatic rings. The maximum Gasteiger partial charge on any atom is 0.310 e. The Morgan fingerprint density at radius 3 is 2.71 bits per heavy atom. The smallest absolute Gasteiger partial charge is 0.310 e. The molecule has 1 aliphatic heterocycles. The van der Waals surface area contributed by atoms with Gasteiger partial charge in [-0.1, -0.05) is 0 Å². The highest BCUT2D eigenvalue weighted by Gasteiger charge is 2.41. The number of hydrogen-bond acceptors (Lipinski definition) is 7. The van der Waals surface area contributed by atoms with Crippen molar-refractivity contribution in [3.8, 4) is 0 Å². The summed E-state index contributed by atoms with van der Waals surface area (Å²) in [5, 5.41) is 19.7. The van der Waals surface area contributed by atoms with E-state index in [1.54, 1.807) is 6.92 Å². The van der Waals surface area contributed by atoms with Crippen molar-refractivity contribution in [1.29, 1.82) is 0 Å². The molecule has 1 aromatic heterocycles. The van der Waals surface area contributed by atoms with E-state index in [2.05, 4.69) is 9.72 Å². The number of nitrogens with zero attached hydrogens (tertiary/aromatic N) is 1. The van der Waals surface area contributed by atoms with E-state index in [-0.39, 0.29) is 16.8 Å². The van der Waals surface area contributed by atoms with E-state index in [1.807, 2.05) is 0 Å². The molecule has 2 rings (SSSR count). The number of ether oxygens (including phenoxy) is 2. The molecule has 21 heavy (non-hydrogen) atoms. The first kappa shape index (κ1) is 15.8. The van der Waals surface area contributed by atoms with E-state index >= 15 is 0 Å². The van der Waals surface area contributed by atoms with Gasteiger partial charge in [0.15, 0.2) is 11.0 Å². The summed E-state index contributed by atoms with van der Waals surface area (Å²) in [5.41, 5.74) is -0.386. The van der Waals surface area contributed by atoms with E-state index in [1.165, 1.54) is 17.9 Å². The van der Waals surface area contributed by atoms with Gasteiger partial charge in [-0.2, -0.15) is 0 Å². The Balaban J connectivity index is 2.41. The molecule has 0 radical (unpaired) electrons. The van der Waals surface area contributed by atoms with Crippen LogP contribution in [0.4, 0.5) is 0 Å². The first-order valence-corrected chi connectivity index (χ1v) is 6.68. The van der Waals surface area contributed by atoms with Crippen LogP contribution in [0.3, 0.4) is 0 Å². The summed E-state index contributed by atoms with van der Waals surface area (Å²) in [5.74, 6) is -0.578. The second kappa shape index (κ2) is 6.06. The minimum absolute atomic E-state index is 0.0268. The fourth-order valence-electron chi connectivity index (χ4n) is 2.13. The molecule has 0 bridgehead atoms. The lowest BCUT2D eigenvalue weighted by molar-refractivity contribution is -0.139. The van der Waals surface area contributed by atoms with Crippen LogP contribution < -0.4 is 5.56 Å². The van der Waals surface area contributed by atoms with Gasteiger partial charge in [0.05, 0.1) is 19.6 Å². The summed E-state index contributed by atoms with van der Waals surface area (Å²) in [7, 11) is 1.22. The molecule has 0 aliphatic carbocycles. The number of aromatic nitrogens is 2. The zero-order chi connectivity index (χ0) is 15.7. The third kappa shape index (κ3) is 3.05. The van der Waals surface area contributed by atoms with Gasteiger partial charge in [0.25, 0.3) is 5.56 Å². The highest BCUT2D eigenvalue weighted by Crippen LogP contribution is 2.29. The topological polar surface area (TPSA) is 114 Å². The fraction of sp³-hybridized carbons (Fsp3) is 0.583. The molecule has 116 valence electrons. The van der Waals surface area contributed by atoms with E-state index < -0.39 is 36.1 Å². The van der Waals surface area contributed by atoms with Crippen molar-refractivity contribution in [2.45, 2.75) is 37.9 Å². The van der Waals surface area contributed by atoms with E-state index in [0.717, 1.165) is 0 Å². The molecule has 0 spiro atoms. The summed E-state index contributed by atoms with van der Waals surface area (Å²) in [6.45, 7) is 1.61. The van der Waals surface area contributed by atoms with Gasteiger partial charge >= 0.3 is 5.97 Å². The molecular formula is C12H16N2O6S. The van der Waals surface area contributed by atoms with Gasteiger partial charge in [-0.15, -0.1) is 0 Å². The van der Waals surface area contributed by atoms with Gasteiger partial charge in [0.1, 0.15) is 12.2 Å². The largest absolute Gasteiger partial charge is 0.469 e. The molecule has 8 nitrogen and oxygen atoms in total. The summed E-state index contributed by atoms with van der Waals surface area (Å²) < 4.78 is 11.3. The predicted molar refractivity (Wildman–Crippen MR) is 73.2 cm³/mol. The molecule has 1 fully saturated rings. The molecule has 0 saturated carbocycles. The van der Waals surface area contributed by atoms with Crippen molar-refractivity contribution in [3.05, 3.63) is 26.9 Å². The number of carbonyl (C=O) groups excluding carboxylic acids is 1. The zero-order valence-corrected chi connectivity index (χ0v) is 12.3. The van der Waals surface area contributed by atoms with Crippen LogP contribution in [0.2, 0.25) is 0 Å². The number of rotatable bonds is 3.